The molecule has 0 atom stereocenters. The molecule has 5 nitrogen and oxygen atoms in total. The molecular formula is C16H13ClN2O3S. The van der Waals surface area contributed by atoms with Crippen LogP contribution in [0.15, 0.2) is 59.8 Å². The number of rotatable bonds is 4. The Morgan fingerprint density at radius 2 is 1.96 bits per heavy atom. The third-order valence-corrected chi connectivity index (χ3v) is 5.35. The normalized spacial score (nSPS) is 12.1. The van der Waals surface area contributed by atoms with Crippen LogP contribution in [-0.2, 0) is 14.8 Å². The maximum absolute atomic E-state index is 13.0. The molecule has 0 saturated carbocycles. The lowest BCUT2D eigenvalue weighted by molar-refractivity contribution is 0.341. The lowest BCUT2D eigenvalue weighted by Crippen LogP contribution is -2.14. The Labute approximate surface area is 138 Å². The Balaban J connectivity index is 2.35. The average molecular weight is 349 g/mol. The van der Waals surface area contributed by atoms with Crippen LogP contribution in [0.3, 0.4) is 0 Å². The van der Waals surface area contributed by atoms with E-state index in [1.54, 1.807) is 36.4 Å². The van der Waals surface area contributed by atoms with E-state index in [2.05, 4.69) is 4.98 Å². The standard InChI is InChI=1S/C16H13ClN2O3S/c1-22-10-8-12-11-14-15(17)7-9-18-16(14)19(12)23(20,21)13-5-3-2-4-6-13/h2-11H,1H3/b10-8+. The molecule has 0 bridgehead atoms. The highest BCUT2D eigenvalue weighted by Crippen LogP contribution is 2.29. The SMILES string of the molecule is CO/C=C/c1cc2c(Cl)ccnc2n1S(=O)(=O)c1ccccc1. The summed E-state index contributed by atoms with van der Waals surface area (Å²) in [5.41, 5.74) is 0.684. The second-order valence-electron chi connectivity index (χ2n) is 4.72. The second kappa shape index (κ2) is 6.06. The van der Waals surface area contributed by atoms with Gasteiger partial charge in [0.2, 0.25) is 0 Å². The van der Waals surface area contributed by atoms with E-state index in [1.165, 1.54) is 35.7 Å². The van der Waals surface area contributed by atoms with Crippen molar-refractivity contribution in [2.45, 2.75) is 4.90 Å². The number of fused-ring (bicyclic) bond motifs is 1. The molecule has 3 aromatic rings. The molecule has 0 aliphatic rings. The van der Waals surface area contributed by atoms with Crippen molar-refractivity contribution in [3.8, 4) is 0 Å². The summed E-state index contributed by atoms with van der Waals surface area (Å²) in [5, 5.41) is 0.994. The molecule has 0 unspecified atom stereocenters. The fourth-order valence-corrected chi connectivity index (χ4v) is 3.94. The Hall–Kier alpha value is -2.31. The van der Waals surface area contributed by atoms with Crippen LogP contribution >= 0.6 is 11.6 Å². The lowest BCUT2D eigenvalue weighted by atomic mass is 10.3. The van der Waals surface area contributed by atoms with Gasteiger partial charge in [-0.2, -0.15) is 0 Å². The summed E-state index contributed by atoms with van der Waals surface area (Å²) < 4.78 is 32.1. The number of hydrogen-bond donors (Lipinski definition) is 0. The summed E-state index contributed by atoms with van der Waals surface area (Å²) in [6.45, 7) is 0. The predicted molar refractivity (Wildman–Crippen MR) is 89.8 cm³/mol. The smallest absolute Gasteiger partial charge is 0.269 e. The van der Waals surface area contributed by atoms with E-state index in [9.17, 15) is 8.42 Å². The summed E-state index contributed by atoms with van der Waals surface area (Å²) in [7, 11) is -2.32. The fourth-order valence-electron chi connectivity index (χ4n) is 2.27. The van der Waals surface area contributed by atoms with E-state index in [0.29, 0.717) is 16.1 Å². The molecule has 118 valence electrons. The van der Waals surface area contributed by atoms with Gasteiger partial charge in [-0.3, -0.25) is 0 Å². The fraction of sp³-hybridized carbons (Fsp3) is 0.0625. The minimum atomic E-state index is -3.81. The van der Waals surface area contributed by atoms with E-state index in [4.69, 9.17) is 16.3 Å². The average Bonchev–Trinajstić information content (AvgIpc) is 2.94. The van der Waals surface area contributed by atoms with Gasteiger partial charge in [-0.1, -0.05) is 29.8 Å². The zero-order valence-electron chi connectivity index (χ0n) is 12.2. The number of pyridine rings is 1. The van der Waals surface area contributed by atoms with Gasteiger partial charge in [0.25, 0.3) is 10.0 Å². The molecule has 1 aromatic carbocycles. The molecule has 2 aromatic heterocycles. The van der Waals surface area contributed by atoms with Crippen molar-refractivity contribution < 1.29 is 13.2 Å². The molecule has 0 N–H and O–H groups in total. The van der Waals surface area contributed by atoms with Gasteiger partial charge in [-0.15, -0.1) is 0 Å². The molecular weight excluding hydrogens is 336 g/mol. The quantitative estimate of drug-likeness (QED) is 0.676. The molecule has 0 amide bonds. The van der Waals surface area contributed by atoms with Gasteiger partial charge < -0.3 is 4.74 Å². The van der Waals surface area contributed by atoms with Gasteiger partial charge in [-0.05, 0) is 30.3 Å². The number of ether oxygens (including phenoxy) is 1. The number of halogens is 1. The maximum Gasteiger partial charge on any atom is 0.269 e. The molecule has 0 radical (unpaired) electrons. The minimum Gasteiger partial charge on any atom is -0.504 e. The van der Waals surface area contributed by atoms with E-state index in [-0.39, 0.29) is 10.5 Å². The Morgan fingerprint density at radius 1 is 1.22 bits per heavy atom. The molecule has 0 saturated heterocycles. The van der Waals surface area contributed by atoms with Crippen molar-refractivity contribution >= 4 is 38.7 Å². The van der Waals surface area contributed by atoms with Crippen molar-refractivity contribution in [2.75, 3.05) is 7.11 Å². The van der Waals surface area contributed by atoms with E-state index in [0.717, 1.165) is 0 Å². The molecule has 7 heteroatoms. The van der Waals surface area contributed by atoms with E-state index >= 15 is 0 Å². The van der Waals surface area contributed by atoms with Crippen LogP contribution in [-0.4, -0.2) is 24.5 Å². The first kappa shape index (κ1) is 15.6. The van der Waals surface area contributed by atoms with Crippen LogP contribution < -0.4 is 0 Å². The third-order valence-electron chi connectivity index (χ3n) is 3.29. The monoisotopic (exact) mass is 348 g/mol. The van der Waals surface area contributed by atoms with Crippen molar-refractivity contribution in [1.29, 1.82) is 0 Å². The molecule has 2 heterocycles. The number of methoxy groups -OCH3 is 1. The highest BCUT2D eigenvalue weighted by molar-refractivity contribution is 7.90. The predicted octanol–water partition coefficient (Wildman–Crippen LogP) is 3.54. The van der Waals surface area contributed by atoms with E-state index < -0.39 is 10.0 Å². The van der Waals surface area contributed by atoms with Gasteiger partial charge in [-0.25, -0.2) is 17.4 Å². The summed E-state index contributed by atoms with van der Waals surface area (Å²) in [6.07, 6.45) is 4.43. The van der Waals surface area contributed by atoms with Gasteiger partial charge >= 0.3 is 0 Å². The zero-order valence-corrected chi connectivity index (χ0v) is 13.8. The number of aromatic nitrogens is 2. The minimum absolute atomic E-state index is 0.173. The van der Waals surface area contributed by atoms with Crippen LogP contribution in [0.25, 0.3) is 17.1 Å². The number of benzene rings is 1. The molecule has 0 aliphatic carbocycles. The topological polar surface area (TPSA) is 61.2 Å². The lowest BCUT2D eigenvalue weighted by Gasteiger charge is -2.09. The largest absolute Gasteiger partial charge is 0.504 e. The molecule has 0 spiro atoms. The molecule has 0 aliphatic heterocycles. The zero-order chi connectivity index (χ0) is 16.4. The van der Waals surface area contributed by atoms with Gasteiger partial charge in [0.1, 0.15) is 0 Å². The molecule has 0 fully saturated rings. The van der Waals surface area contributed by atoms with Gasteiger partial charge in [0, 0.05) is 11.6 Å². The van der Waals surface area contributed by atoms with Crippen LogP contribution in [0.2, 0.25) is 5.02 Å². The van der Waals surface area contributed by atoms with Crippen LogP contribution in [0.5, 0.6) is 0 Å². The Bertz CT molecular complexity index is 979. The van der Waals surface area contributed by atoms with Crippen molar-refractivity contribution in [3.05, 3.63) is 65.6 Å². The second-order valence-corrected chi connectivity index (χ2v) is 6.91. The Morgan fingerprint density at radius 3 is 2.65 bits per heavy atom. The van der Waals surface area contributed by atoms with E-state index in [1.807, 2.05) is 0 Å². The Kier molecular flexibility index (Phi) is 4.11. The maximum atomic E-state index is 13.0. The van der Waals surface area contributed by atoms with Crippen molar-refractivity contribution in [2.24, 2.45) is 0 Å². The first-order chi connectivity index (χ1) is 11.1. The summed E-state index contributed by atoms with van der Waals surface area (Å²) in [5.74, 6) is 0. The first-order valence-electron chi connectivity index (χ1n) is 6.71. The van der Waals surface area contributed by atoms with Crippen LogP contribution in [0.1, 0.15) is 5.69 Å². The van der Waals surface area contributed by atoms with Crippen LogP contribution in [0.4, 0.5) is 0 Å². The summed E-state index contributed by atoms with van der Waals surface area (Å²) in [4.78, 5) is 4.36. The van der Waals surface area contributed by atoms with Gasteiger partial charge in [0.15, 0.2) is 5.65 Å². The van der Waals surface area contributed by atoms with Crippen molar-refractivity contribution in [1.82, 2.24) is 8.96 Å². The summed E-state index contributed by atoms with van der Waals surface area (Å²) >= 11 is 6.17. The summed E-state index contributed by atoms with van der Waals surface area (Å²) in [6, 6.07) is 11.5. The van der Waals surface area contributed by atoms with Crippen LogP contribution in [0, 0.1) is 0 Å². The van der Waals surface area contributed by atoms with Gasteiger partial charge in [0.05, 0.1) is 29.0 Å². The molecule has 3 rings (SSSR count). The number of nitrogens with zero attached hydrogens (tertiary/aromatic N) is 2. The third kappa shape index (κ3) is 2.71. The number of hydrogen-bond acceptors (Lipinski definition) is 4. The highest BCUT2D eigenvalue weighted by Gasteiger charge is 2.23. The first-order valence-corrected chi connectivity index (χ1v) is 8.53. The van der Waals surface area contributed by atoms with Crippen molar-refractivity contribution in [3.63, 3.8) is 0 Å². The highest BCUT2D eigenvalue weighted by atomic mass is 35.5. The molecule has 23 heavy (non-hydrogen) atoms.